The van der Waals surface area contributed by atoms with Gasteiger partial charge in [-0.1, -0.05) is 41.1 Å². The molecule has 0 aliphatic rings. The molecule has 0 bridgehead atoms. The minimum atomic E-state index is -0.348. The molecule has 33 heavy (non-hydrogen) atoms. The monoisotopic (exact) mass is 484 g/mol. The number of nitrogens with zero attached hydrogens (tertiary/aromatic N) is 3. The smallest absolute Gasteiger partial charge is 0.263 e. The Labute approximate surface area is 197 Å². The van der Waals surface area contributed by atoms with Crippen LogP contribution in [0.25, 0.3) is 5.13 Å². The van der Waals surface area contributed by atoms with Crippen LogP contribution in [0, 0.1) is 12.7 Å². The number of nitrogens with one attached hydrogen (secondary N) is 1. The second-order valence-electron chi connectivity index (χ2n) is 7.07. The number of benzene rings is 1. The summed E-state index contributed by atoms with van der Waals surface area (Å²) in [5.41, 5.74) is 1.76. The Kier molecular flexibility index (Phi) is 6.81. The van der Waals surface area contributed by atoms with Crippen molar-refractivity contribution in [1.29, 1.82) is 0 Å². The van der Waals surface area contributed by atoms with Crippen molar-refractivity contribution in [3.05, 3.63) is 104 Å². The lowest BCUT2D eigenvalue weighted by Crippen LogP contribution is -2.22. The van der Waals surface area contributed by atoms with Gasteiger partial charge in [0.1, 0.15) is 28.2 Å². The van der Waals surface area contributed by atoms with Gasteiger partial charge < -0.3 is 10.1 Å². The molecule has 1 N–H and O–H groups in total. The predicted molar refractivity (Wildman–Crippen MR) is 124 cm³/mol. The molecule has 1 amide bonds. The predicted octanol–water partition coefficient (Wildman–Crippen LogP) is 4.30. The summed E-state index contributed by atoms with van der Waals surface area (Å²) in [4.78, 5) is 34.0. The molecular weight excluding hydrogens is 467 g/mol. The van der Waals surface area contributed by atoms with Crippen LogP contribution in [-0.2, 0) is 13.2 Å². The van der Waals surface area contributed by atoms with Crippen molar-refractivity contribution < 1.29 is 13.9 Å². The van der Waals surface area contributed by atoms with E-state index in [9.17, 15) is 14.0 Å². The summed E-state index contributed by atoms with van der Waals surface area (Å²) < 4.78 is 20.0. The summed E-state index contributed by atoms with van der Waals surface area (Å²) in [5, 5.41) is 3.57. The Morgan fingerprint density at radius 3 is 2.64 bits per heavy atom. The first-order valence-electron chi connectivity index (χ1n) is 9.85. The van der Waals surface area contributed by atoms with E-state index in [0.29, 0.717) is 26.6 Å². The summed E-state index contributed by atoms with van der Waals surface area (Å²) >= 11 is 6.89. The average molecular weight is 485 g/mol. The lowest BCUT2D eigenvalue weighted by molar-refractivity contribution is 0.0954. The second-order valence-corrected chi connectivity index (χ2v) is 8.43. The molecular formula is C23H18ClFN4O3S. The number of thiazole rings is 1. The number of halogens is 2. The number of rotatable bonds is 7. The SMILES string of the molecule is Cc1nc(-n2ccc(OCc3ccc(F)cc3)cc2=O)sc1C(=O)NCc1ccc(Cl)nc1. The third-order valence-corrected chi connectivity index (χ3v) is 6.03. The van der Waals surface area contributed by atoms with E-state index in [0.717, 1.165) is 22.5 Å². The van der Waals surface area contributed by atoms with Gasteiger partial charge in [-0.2, -0.15) is 0 Å². The molecule has 0 unspecified atom stereocenters. The fraction of sp³-hybridized carbons (Fsp3) is 0.130. The molecule has 0 atom stereocenters. The fourth-order valence-corrected chi connectivity index (χ4v) is 4.01. The molecule has 10 heteroatoms. The van der Waals surface area contributed by atoms with Gasteiger partial charge in [-0.05, 0) is 42.3 Å². The second kappa shape index (κ2) is 9.93. The number of carbonyl (C=O) groups excluding carboxylic acids is 1. The quantitative estimate of drug-likeness (QED) is 0.395. The first-order valence-corrected chi connectivity index (χ1v) is 11.0. The Morgan fingerprint density at radius 2 is 1.94 bits per heavy atom. The molecule has 0 spiro atoms. The summed E-state index contributed by atoms with van der Waals surface area (Å²) in [6, 6.07) is 12.3. The largest absolute Gasteiger partial charge is 0.489 e. The Hall–Kier alpha value is -3.56. The zero-order chi connectivity index (χ0) is 23.4. The van der Waals surface area contributed by atoms with Crippen molar-refractivity contribution in [2.75, 3.05) is 0 Å². The van der Waals surface area contributed by atoms with E-state index in [1.165, 1.54) is 22.8 Å². The van der Waals surface area contributed by atoms with Crippen LogP contribution < -0.4 is 15.6 Å². The number of carbonyl (C=O) groups is 1. The van der Waals surface area contributed by atoms with Gasteiger partial charge in [0.05, 0.1) is 5.69 Å². The maximum Gasteiger partial charge on any atom is 0.263 e. The summed E-state index contributed by atoms with van der Waals surface area (Å²) in [7, 11) is 0. The summed E-state index contributed by atoms with van der Waals surface area (Å²) in [6.07, 6.45) is 3.13. The van der Waals surface area contributed by atoms with E-state index >= 15 is 0 Å². The van der Waals surface area contributed by atoms with Crippen molar-refractivity contribution in [2.45, 2.75) is 20.1 Å². The van der Waals surface area contributed by atoms with Gasteiger partial charge in [0, 0.05) is 25.0 Å². The minimum Gasteiger partial charge on any atom is -0.489 e. The van der Waals surface area contributed by atoms with Crippen molar-refractivity contribution in [3.63, 3.8) is 0 Å². The van der Waals surface area contributed by atoms with Crippen molar-refractivity contribution in [1.82, 2.24) is 19.9 Å². The van der Waals surface area contributed by atoms with E-state index in [4.69, 9.17) is 16.3 Å². The highest BCUT2D eigenvalue weighted by Crippen LogP contribution is 2.21. The molecule has 0 radical (unpaired) electrons. The van der Waals surface area contributed by atoms with Crippen molar-refractivity contribution in [2.24, 2.45) is 0 Å². The fourth-order valence-electron chi connectivity index (χ4n) is 2.93. The van der Waals surface area contributed by atoms with E-state index < -0.39 is 0 Å². The number of amides is 1. The molecule has 4 rings (SSSR count). The highest BCUT2D eigenvalue weighted by molar-refractivity contribution is 7.16. The minimum absolute atomic E-state index is 0.202. The van der Waals surface area contributed by atoms with Crippen LogP contribution in [0.3, 0.4) is 0 Å². The number of hydrogen-bond acceptors (Lipinski definition) is 6. The molecule has 0 aliphatic carbocycles. The molecule has 4 aromatic rings. The number of hydrogen-bond donors (Lipinski definition) is 1. The maximum atomic E-state index is 13.0. The van der Waals surface area contributed by atoms with Crippen LogP contribution in [0.15, 0.2) is 65.7 Å². The van der Waals surface area contributed by atoms with E-state index in [1.54, 1.807) is 49.6 Å². The van der Waals surface area contributed by atoms with Crippen molar-refractivity contribution in [3.8, 4) is 10.9 Å². The van der Waals surface area contributed by atoms with Crippen LogP contribution in [0.2, 0.25) is 5.15 Å². The van der Waals surface area contributed by atoms with Crippen LogP contribution in [0.4, 0.5) is 4.39 Å². The zero-order valence-corrected chi connectivity index (χ0v) is 19.0. The maximum absolute atomic E-state index is 13.0. The van der Waals surface area contributed by atoms with E-state index in [-0.39, 0.29) is 30.4 Å². The van der Waals surface area contributed by atoms with E-state index in [1.807, 2.05) is 0 Å². The Bertz CT molecular complexity index is 1340. The highest BCUT2D eigenvalue weighted by Gasteiger charge is 2.17. The summed E-state index contributed by atoms with van der Waals surface area (Å²) in [6.45, 7) is 2.20. The zero-order valence-electron chi connectivity index (χ0n) is 17.4. The third-order valence-electron chi connectivity index (χ3n) is 4.65. The number of ether oxygens (including phenoxy) is 1. The van der Waals surface area contributed by atoms with Gasteiger partial charge >= 0.3 is 0 Å². The molecule has 0 saturated heterocycles. The lowest BCUT2D eigenvalue weighted by atomic mass is 10.2. The standard InChI is InChI=1S/C23H18ClFN4O3S/c1-14-21(22(31)27-12-16-4-7-19(24)26-11-16)33-23(28-14)29-9-8-18(10-20(29)30)32-13-15-2-5-17(25)6-3-15/h2-11H,12-13H2,1H3,(H,27,31). The Balaban J connectivity index is 1.44. The van der Waals surface area contributed by atoms with Gasteiger partial charge in [-0.25, -0.2) is 14.4 Å². The van der Waals surface area contributed by atoms with Crippen LogP contribution in [0.1, 0.15) is 26.5 Å². The first kappa shape index (κ1) is 22.6. The van der Waals surface area contributed by atoms with Crippen LogP contribution >= 0.6 is 22.9 Å². The molecule has 3 heterocycles. The van der Waals surface area contributed by atoms with Gasteiger partial charge in [0.25, 0.3) is 11.5 Å². The topological polar surface area (TPSA) is 86.1 Å². The number of aromatic nitrogens is 3. The molecule has 0 saturated carbocycles. The lowest BCUT2D eigenvalue weighted by Gasteiger charge is -2.07. The molecule has 7 nitrogen and oxygen atoms in total. The Morgan fingerprint density at radius 1 is 1.18 bits per heavy atom. The third kappa shape index (κ3) is 5.63. The normalized spacial score (nSPS) is 10.8. The van der Waals surface area contributed by atoms with E-state index in [2.05, 4.69) is 15.3 Å². The molecule has 0 fully saturated rings. The van der Waals surface area contributed by atoms with Gasteiger partial charge in [0.2, 0.25) is 0 Å². The molecule has 1 aromatic carbocycles. The summed E-state index contributed by atoms with van der Waals surface area (Å²) in [5.74, 6) is -0.239. The average Bonchev–Trinajstić information content (AvgIpc) is 3.19. The highest BCUT2D eigenvalue weighted by atomic mass is 35.5. The van der Waals surface area contributed by atoms with Crippen molar-refractivity contribution >= 4 is 28.8 Å². The first-order chi connectivity index (χ1) is 15.9. The van der Waals surface area contributed by atoms with Crippen LogP contribution in [0.5, 0.6) is 5.75 Å². The van der Waals surface area contributed by atoms with Crippen LogP contribution in [-0.4, -0.2) is 20.4 Å². The van der Waals surface area contributed by atoms with Gasteiger partial charge in [-0.3, -0.25) is 14.2 Å². The molecule has 0 aliphatic heterocycles. The number of pyridine rings is 2. The molecule has 168 valence electrons. The molecule has 3 aromatic heterocycles. The van der Waals surface area contributed by atoms with Gasteiger partial charge in [0.15, 0.2) is 5.13 Å². The van der Waals surface area contributed by atoms with Gasteiger partial charge in [-0.15, -0.1) is 0 Å². The number of aryl methyl sites for hydroxylation is 1.